The quantitative estimate of drug-likeness (QED) is 0.336. The summed E-state index contributed by atoms with van der Waals surface area (Å²) >= 11 is 0. The average Bonchev–Trinajstić information content (AvgIpc) is 2.08. The first-order valence-electron chi connectivity index (χ1n) is 3.95. The van der Waals surface area contributed by atoms with Crippen molar-refractivity contribution in [2.75, 3.05) is 5.73 Å². The van der Waals surface area contributed by atoms with E-state index in [1.165, 1.54) is 0 Å². The van der Waals surface area contributed by atoms with Crippen LogP contribution in [0.2, 0.25) is 0 Å². The Kier molecular flexibility index (Phi) is 1.70. The molecule has 1 heterocycles. The van der Waals surface area contributed by atoms with Crippen LogP contribution >= 0.6 is 0 Å². The predicted octanol–water partition coefficient (Wildman–Crippen LogP) is 0.0912. The molecule has 0 fully saturated rings. The van der Waals surface area contributed by atoms with Gasteiger partial charge in [-0.1, -0.05) is 6.07 Å². The molecule has 0 aliphatic carbocycles. The van der Waals surface area contributed by atoms with Crippen LogP contribution in [0, 0.1) is 0 Å². The smallest absolute Gasteiger partial charge is 0.340 e. The van der Waals surface area contributed by atoms with Gasteiger partial charge in [-0.3, -0.25) is 0 Å². The van der Waals surface area contributed by atoms with Crippen LogP contribution in [0.4, 0.5) is 5.69 Å². The third-order valence-electron chi connectivity index (χ3n) is 1.99. The van der Waals surface area contributed by atoms with Crippen molar-refractivity contribution in [3.8, 4) is 5.75 Å². The molecule has 1 aliphatic rings. The molecule has 0 saturated heterocycles. The second kappa shape index (κ2) is 2.74. The zero-order chi connectivity index (χ0) is 9.42. The standard InChI is InChI=1S/C9H9NO3/c10-6-2-1-5-3-7(11)9(12)13-8(5)4-6/h1-2,4,7,11H,3,10H2. The van der Waals surface area contributed by atoms with E-state index in [0.29, 0.717) is 17.9 Å². The Labute approximate surface area is 74.9 Å². The molecule has 13 heavy (non-hydrogen) atoms. The summed E-state index contributed by atoms with van der Waals surface area (Å²) in [7, 11) is 0. The third kappa shape index (κ3) is 1.36. The fraction of sp³-hybridized carbons (Fsp3) is 0.222. The van der Waals surface area contributed by atoms with E-state index in [1.807, 2.05) is 0 Å². The molecule has 1 aromatic carbocycles. The summed E-state index contributed by atoms with van der Waals surface area (Å²) < 4.78 is 4.86. The van der Waals surface area contributed by atoms with E-state index < -0.39 is 12.1 Å². The van der Waals surface area contributed by atoms with E-state index in [1.54, 1.807) is 18.2 Å². The number of aliphatic hydroxyl groups excluding tert-OH is 1. The van der Waals surface area contributed by atoms with Crippen LogP contribution in [0.15, 0.2) is 18.2 Å². The number of hydrogen-bond donors (Lipinski definition) is 2. The van der Waals surface area contributed by atoms with Gasteiger partial charge in [-0.15, -0.1) is 0 Å². The lowest BCUT2D eigenvalue weighted by molar-refractivity contribution is -0.145. The molecule has 4 heteroatoms. The summed E-state index contributed by atoms with van der Waals surface area (Å²) in [5.74, 6) is -0.159. The highest BCUT2D eigenvalue weighted by molar-refractivity contribution is 5.80. The van der Waals surface area contributed by atoms with E-state index in [4.69, 9.17) is 10.5 Å². The Hall–Kier alpha value is -1.55. The Bertz CT molecular complexity index is 362. The van der Waals surface area contributed by atoms with Crippen LogP contribution in [0.3, 0.4) is 0 Å². The third-order valence-corrected chi connectivity index (χ3v) is 1.99. The van der Waals surface area contributed by atoms with Gasteiger partial charge in [0.15, 0.2) is 6.10 Å². The normalized spacial score (nSPS) is 20.7. The second-order valence-electron chi connectivity index (χ2n) is 3.01. The molecule has 0 amide bonds. The Morgan fingerprint density at radius 2 is 2.31 bits per heavy atom. The number of nitrogen functional groups attached to an aromatic ring is 1. The molecular formula is C9H9NO3. The highest BCUT2D eigenvalue weighted by Gasteiger charge is 2.25. The Morgan fingerprint density at radius 1 is 1.54 bits per heavy atom. The number of carbonyl (C=O) groups excluding carboxylic acids is 1. The van der Waals surface area contributed by atoms with Gasteiger partial charge in [0, 0.05) is 18.2 Å². The first kappa shape index (κ1) is 8.07. The summed E-state index contributed by atoms with van der Waals surface area (Å²) in [5, 5.41) is 9.19. The van der Waals surface area contributed by atoms with Gasteiger partial charge < -0.3 is 15.6 Å². The number of ether oxygens (including phenoxy) is 1. The van der Waals surface area contributed by atoms with Gasteiger partial charge in [0.2, 0.25) is 0 Å². The molecule has 3 N–H and O–H groups in total. The number of aliphatic hydroxyl groups is 1. The molecule has 1 aromatic rings. The SMILES string of the molecule is Nc1ccc2c(c1)OC(=O)C(O)C2. The van der Waals surface area contributed by atoms with Gasteiger partial charge in [-0.2, -0.15) is 0 Å². The van der Waals surface area contributed by atoms with Crippen molar-refractivity contribution in [3.05, 3.63) is 23.8 Å². The Balaban J connectivity index is 2.42. The topological polar surface area (TPSA) is 72.5 Å². The van der Waals surface area contributed by atoms with Gasteiger partial charge in [0.1, 0.15) is 5.75 Å². The van der Waals surface area contributed by atoms with Crippen molar-refractivity contribution in [3.63, 3.8) is 0 Å². The number of benzene rings is 1. The monoisotopic (exact) mass is 179 g/mol. The lowest BCUT2D eigenvalue weighted by atomic mass is 10.0. The fourth-order valence-corrected chi connectivity index (χ4v) is 1.30. The molecule has 0 saturated carbocycles. The average molecular weight is 179 g/mol. The zero-order valence-electron chi connectivity index (χ0n) is 6.86. The lowest BCUT2D eigenvalue weighted by Crippen LogP contribution is -2.32. The van der Waals surface area contributed by atoms with Gasteiger partial charge >= 0.3 is 5.97 Å². The minimum atomic E-state index is -1.05. The first-order chi connectivity index (χ1) is 6.16. The van der Waals surface area contributed by atoms with E-state index in [2.05, 4.69) is 0 Å². The van der Waals surface area contributed by atoms with Crippen LogP contribution in [0.1, 0.15) is 5.56 Å². The lowest BCUT2D eigenvalue weighted by Gasteiger charge is -2.19. The van der Waals surface area contributed by atoms with Crippen molar-refractivity contribution < 1.29 is 14.6 Å². The molecule has 68 valence electrons. The van der Waals surface area contributed by atoms with Crippen LogP contribution in [0.5, 0.6) is 5.75 Å². The van der Waals surface area contributed by atoms with Gasteiger partial charge in [0.25, 0.3) is 0 Å². The molecule has 0 aromatic heterocycles. The maximum atomic E-state index is 11.0. The van der Waals surface area contributed by atoms with Crippen molar-refractivity contribution in [1.29, 1.82) is 0 Å². The highest BCUT2D eigenvalue weighted by atomic mass is 16.6. The summed E-state index contributed by atoms with van der Waals surface area (Å²) in [4.78, 5) is 11.0. The van der Waals surface area contributed by atoms with Gasteiger partial charge in [0.05, 0.1) is 0 Å². The molecule has 0 spiro atoms. The number of nitrogens with two attached hydrogens (primary N) is 1. The van der Waals surface area contributed by atoms with Crippen molar-refractivity contribution >= 4 is 11.7 Å². The van der Waals surface area contributed by atoms with E-state index in [0.717, 1.165) is 5.56 Å². The van der Waals surface area contributed by atoms with Crippen LogP contribution in [-0.2, 0) is 11.2 Å². The van der Waals surface area contributed by atoms with Gasteiger partial charge in [-0.25, -0.2) is 4.79 Å². The number of fused-ring (bicyclic) bond motifs is 1. The molecule has 1 aliphatic heterocycles. The van der Waals surface area contributed by atoms with Gasteiger partial charge in [-0.05, 0) is 11.6 Å². The second-order valence-corrected chi connectivity index (χ2v) is 3.01. The zero-order valence-corrected chi connectivity index (χ0v) is 6.86. The molecule has 1 unspecified atom stereocenters. The Morgan fingerprint density at radius 3 is 3.08 bits per heavy atom. The van der Waals surface area contributed by atoms with E-state index in [9.17, 15) is 9.90 Å². The summed E-state index contributed by atoms with van der Waals surface area (Å²) in [5.41, 5.74) is 6.86. The predicted molar refractivity (Wildman–Crippen MR) is 46.2 cm³/mol. The number of anilines is 1. The van der Waals surface area contributed by atoms with Crippen molar-refractivity contribution in [2.45, 2.75) is 12.5 Å². The highest BCUT2D eigenvalue weighted by Crippen LogP contribution is 2.27. The van der Waals surface area contributed by atoms with Crippen molar-refractivity contribution in [2.24, 2.45) is 0 Å². The summed E-state index contributed by atoms with van der Waals surface area (Å²) in [6, 6.07) is 5.05. The fourth-order valence-electron chi connectivity index (χ4n) is 1.30. The van der Waals surface area contributed by atoms with E-state index in [-0.39, 0.29) is 0 Å². The molecule has 0 radical (unpaired) electrons. The van der Waals surface area contributed by atoms with Crippen LogP contribution in [0.25, 0.3) is 0 Å². The minimum Gasteiger partial charge on any atom is -0.424 e. The molecule has 1 atom stereocenters. The number of hydrogen-bond acceptors (Lipinski definition) is 4. The molecular weight excluding hydrogens is 170 g/mol. The number of esters is 1. The van der Waals surface area contributed by atoms with Crippen molar-refractivity contribution in [1.82, 2.24) is 0 Å². The summed E-state index contributed by atoms with van der Waals surface area (Å²) in [6.07, 6.45) is -0.745. The van der Waals surface area contributed by atoms with Crippen LogP contribution < -0.4 is 10.5 Å². The number of carbonyl (C=O) groups is 1. The summed E-state index contributed by atoms with van der Waals surface area (Å²) in [6.45, 7) is 0. The minimum absolute atomic E-state index is 0.300. The molecule has 2 rings (SSSR count). The first-order valence-corrected chi connectivity index (χ1v) is 3.95. The van der Waals surface area contributed by atoms with Crippen LogP contribution in [-0.4, -0.2) is 17.2 Å². The molecule has 0 bridgehead atoms. The van der Waals surface area contributed by atoms with E-state index >= 15 is 0 Å². The largest absolute Gasteiger partial charge is 0.424 e. The number of rotatable bonds is 0. The maximum absolute atomic E-state index is 11.0. The molecule has 4 nitrogen and oxygen atoms in total. The maximum Gasteiger partial charge on any atom is 0.340 e.